The quantitative estimate of drug-likeness (QED) is 0.792. The van der Waals surface area contributed by atoms with Gasteiger partial charge < -0.3 is 15.5 Å². The van der Waals surface area contributed by atoms with Crippen LogP contribution in [0.4, 0.5) is 5.82 Å². The van der Waals surface area contributed by atoms with E-state index in [1.807, 2.05) is 5.38 Å². The van der Waals surface area contributed by atoms with Crippen molar-refractivity contribution >= 4 is 17.2 Å². The molecule has 2 rings (SSSR count). The maximum absolute atomic E-state index is 9.76. The number of hydrogen-bond acceptors (Lipinski definition) is 5. The van der Waals surface area contributed by atoms with Gasteiger partial charge in [-0.15, -0.1) is 11.3 Å². The Morgan fingerprint density at radius 2 is 1.94 bits per heavy atom. The van der Waals surface area contributed by atoms with Gasteiger partial charge in [0, 0.05) is 11.9 Å². The third kappa shape index (κ3) is 2.73. The van der Waals surface area contributed by atoms with Gasteiger partial charge in [-0.25, -0.2) is 4.98 Å². The van der Waals surface area contributed by atoms with Crippen molar-refractivity contribution in [1.82, 2.24) is 4.98 Å². The fourth-order valence-corrected chi connectivity index (χ4v) is 2.36. The van der Waals surface area contributed by atoms with Gasteiger partial charge >= 0.3 is 0 Å². The molecule has 0 radical (unpaired) electrons. The number of phenolic OH excluding ortho intramolecular Hbond substituents is 2. The lowest BCUT2D eigenvalue weighted by Crippen LogP contribution is -2.07. The van der Waals surface area contributed by atoms with Gasteiger partial charge in [0.2, 0.25) is 0 Å². The summed E-state index contributed by atoms with van der Waals surface area (Å²) in [6.07, 6.45) is 0. The maximum Gasteiger partial charge on any atom is 0.137 e. The molecule has 3 N–H and O–H groups in total. The summed E-state index contributed by atoms with van der Waals surface area (Å²) in [7, 11) is 0. The highest BCUT2D eigenvalue weighted by molar-refractivity contribution is 7.13. The number of phenols is 2. The average Bonchev–Trinajstić information content (AvgIpc) is 2.75. The van der Waals surface area contributed by atoms with Gasteiger partial charge in [-0.2, -0.15) is 0 Å². The number of nitrogens with zero attached hydrogens (tertiary/aromatic N) is 1. The van der Waals surface area contributed by atoms with Crippen molar-refractivity contribution < 1.29 is 10.2 Å². The van der Waals surface area contributed by atoms with E-state index in [0.717, 1.165) is 12.4 Å². The van der Waals surface area contributed by atoms with Crippen LogP contribution in [0.3, 0.4) is 0 Å². The summed E-state index contributed by atoms with van der Waals surface area (Å²) >= 11 is 1.39. The number of nitrogens with one attached hydrogen (secondary N) is 1. The molecule has 0 aliphatic heterocycles. The number of rotatable bonds is 4. The van der Waals surface area contributed by atoms with Gasteiger partial charge in [-0.3, -0.25) is 0 Å². The molecule has 2 aromatic rings. The third-order valence-electron chi connectivity index (χ3n) is 2.43. The van der Waals surface area contributed by atoms with Crippen molar-refractivity contribution in [3.63, 3.8) is 0 Å². The Kier molecular flexibility index (Phi) is 3.72. The first-order valence-electron chi connectivity index (χ1n) is 5.78. The Bertz CT molecular complexity index is 517. The van der Waals surface area contributed by atoms with Crippen molar-refractivity contribution in [3.8, 4) is 22.1 Å². The molecule has 96 valence electrons. The zero-order valence-corrected chi connectivity index (χ0v) is 11.2. The summed E-state index contributed by atoms with van der Waals surface area (Å²) in [5.74, 6) is 1.39. The van der Waals surface area contributed by atoms with E-state index in [-0.39, 0.29) is 11.5 Å². The topological polar surface area (TPSA) is 65.4 Å². The second kappa shape index (κ2) is 5.27. The summed E-state index contributed by atoms with van der Waals surface area (Å²) < 4.78 is 0. The van der Waals surface area contributed by atoms with Crippen LogP contribution in [0, 0.1) is 5.92 Å². The van der Waals surface area contributed by atoms with Gasteiger partial charge in [-0.1, -0.05) is 19.9 Å². The van der Waals surface area contributed by atoms with Gasteiger partial charge in [0.25, 0.3) is 0 Å². The number of hydrogen-bond donors (Lipinski definition) is 3. The summed E-state index contributed by atoms with van der Waals surface area (Å²) in [5, 5.41) is 25.2. The highest BCUT2D eigenvalue weighted by atomic mass is 32.1. The minimum Gasteiger partial charge on any atom is -0.507 e. The molecule has 1 aromatic heterocycles. The summed E-state index contributed by atoms with van der Waals surface area (Å²) in [6.45, 7) is 5.08. The molecule has 0 unspecified atom stereocenters. The molecule has 0 aliphatic carbocycles. The fraction of sp³-hybridized carbons (Fsp3) is 0.308. The van der Waals surface area contributed by atoms with Crippen LogP contribution in [0.25, 0.3) is 10.6 Å². The van der Waals surface area contributed by atoms with E-state index < -0.39 is 0 Å². The molecule has 0 saturated carbocycles. The van der Waals surface area contributed by atoms with E-state index in [1.54, 1.807) is 6.07 Å². The largest absolute Gasteiger partial charge is 0.507 e. The van der Waals surface area contributed by atoms with Crippen LogP contribution in [-0.2, 0) is 0 Å². The van der Waals surface area contributed by atoms with Gasteiger partial charge in [0.1, 0.15) is 22.3 Å². The van der Waals surface area contributed by atoms with Crippen molar-refractivity contribution in [2.45, 2.75) is 13.8 Å². The Balaban J connectivity index is 2.24. The smallest absolute Gasteiger partial charge is 0.137 e. The van der Waals surface area contributed by atoms with Crippen LogP contribution in [0.15, 0.2) is 23.6 Å². The molecule has 18 heavy (non-hydrogen) atoms. The molecule has 0 aliphatic rings. The molecule has 0 saturated heterocycles. The van der Waals surface area contributed by atoms with Crippen LogP contribution in [0.2, 0.25) is 0 Å². The van der Waals surface area contributed by atoms with Crippen LogP contribution >= 0.6 is 11.3 Å². The minimum absolute atomic E-state index is 0.0414. The molecule has 4 nitrogen and oxygen atoms in total. The van der Waals surface area contributed by atoms with E-state index in [1.165, 1.54) is 23.5 Å². The van der Waals surface area contributed by atoms with E-state index in [2.05, 4.69) is 24.1 Å². The highest BCUT2D eigenvalue weighted by Gasteiger charge is 2.13. The van der Waals surface area contributed by atoms with Crippen LogP contribution in [0.5, 0.6) is 11.5 Å². The zero-order valence-electron chi connectivity index (χ0n) is 10.3. The maximum atomic E-state index is 9.76. The number of benzene rings is 1. The van der Waals surface area contributed by atoms with Gasteiger partial charge in [0.05, 0.1) is 5.56 Å². The zero-order chi connectivity index (χ0) is 13.1. The normalized spacial score (nSPS) is 10.8. The van der Waals surface area contributed by atoms with E-state index in [9.17, 15) is 10.2 Å². The third-order valence-corrected chi connectivity index (χ3v) is 3.29. The molecule has 0 spiro atoms. The monoisotopic (exact) mass is 264 g/mol. The predicted molar refractivity (Wildman–Crippen MR) is 74.2 cm³/mol. The first kappa shape index (κ1) is 12.7. The number of thiazole rings is 1. The Hall–Kier alpha value is -1.75. The molecule has 1 heterocycles. The van der Waals surface area contributed by atoms with E-state index >= 15 is 0 Å². The average molecular weight is 264 g/mol. The summed E-state index contributed by atoms with van der Waals surface area (Å²) in [5.41, 5.74) is 0.389. The highest BCUT2D eigenvalue weighted by Crippen LogP contribution is 2.39. The number of anilines is 1. The molecule has 0 amide bonds. The molecular weight excluding hydrogens is 248 g/mol. The predicted octanol–water partition coefficient (Wildman–Crippen LogP) is 3.29. The SMILES string of the molecule is CC(C)CNc1csc(-c2c(O)cccc2O)n1. The van der Waals surface area contributed by atoms with Crippen molar-refractivity contribution in [2.75, 3.05) is 11.9 Å². The second-order valence-corrected chi connectivity index (χ2v) is 5.34. The molecule has 0 atom stereocenters. The minimum atomic E-state index is 0.0414. The first-order valence-corrected chi connectivity index (χ1v) is 6.66. The lowest BCUT2D eigenvalue weighted by atomic mass is 10.2. The van der Waals surface area contributed by atoms with E-state index in [4.69, 9.17) is 0 Å². The van der Waals surface area contributed by atoms with Crippen LogP contribution in [-0.4, -0.2) is 21.7 Å². The Morgan fingerprint density at radius 3 is 2.56 bits per heavy atom. The van der Waals surface area contributed by atoms with Crippen molar-refractivity contribution in [1.29, 1.82) is 0 Å². The lowest BCUT2D eigenvalue weighted by Gasteiger charge is -2.05. The molecular formula is C13H16N2O2S. The number of aromatic nitrogens is 1. The summed E-state index contributed by atoms with van der Waals surface area (Å²) in [6, 6.07) is 4.68. The Labute approximate surface area is 110 Å². The van der Waals surface area contributed by atoms with E-state index in [0.29, 0.717) is 16.5 Å². The lowest BCUT2D eigenvalue weighted by molar-refractivity contribution is 0.454. The second-order valence-electron chi connectivity index (χ2n) is 4.48. The van der Waals surface area contributed by atoms with Crippen molar-refractivity contribution in [3.05, 3.63) is 23.6 Å². The first-order chi connectivity index (χ1) is 8.58. The standard InChI is InChI=1S/C13H16N2O2S/c1-8(2)6-14-11-7-18-13(15-11)12-9(16)4-3-5-10(12)17/h3-5,7-8,14,16-17H,6H2,1-2H3. The van der Waals surface area contributed by atoms with Gasteiger partial charge in [0.15, 0.2) is 0 Å². The summed E-state index contributed by atoms with van der Waals surface area (Å²) in [4.78, 5) is 4.36. The Morgan fingerprint density at radius 1 is 1.28 bits per heavy atom. The van der Waals surface area contributed by atoms with Gasteiger partial charge in [-0.05, 0) is 18.1 Å². The van der Waals surface area contributed by atoms with Crippen LogP contribution < -0.4 is 5.32 Å². The fourth-order valence-electron chi connectivity index (χ4n) is 1.53. The number of aromatic hydroxyl groups is 2. The molecule has 5 heteroatoms. The molecule has 1 aromatic carbocycles. The van der Waals surface area contributed by atoms with Crippen LogP contribution in [0.1, 0.15) is 13.8 Å². The molecule has 0 bridgehead atoms. The van der Waals surface area contributed by atoms with Crippen molar-refractivity contribution in [2.24, 2.45) is 5.92 Å². The molecule has 0 fully saturated rings.